The van der Waals surface area contributed by atoms with Crippen molar-refractivity contribution in [3.63, 3.8) is 0 Å². The average Bonchev–Trinajstić information content (AvgIpc) is 2.70. The van der Waals surface area contributed by atoms with Crippen LogP contribution in [0.5, 0.6) is 0 Å². The maximum atomic E-state index is 11.3. The molecule has 1 aromatic rings. The van der Waals surface area contributed by atoms with E-state index in [9.17, 15) is 9.59 Å². The molecular formula is C9H10N2O3. The summed E-state index contributed by atoms with van der Waals surface area (Å²) in [4.78, 5) is 28.3. The van der Waals surface area contributed by atoms with Crippen LogP contribution < -0.4 is 0 Å². The molecule has 0 fully saturated rings. The number of carbonyl (C=O) groups is 2. The Morgan fingerprint density at radius 3 is 3.00 bits per heavy atom. The summed E-state index contributed by atoms with van der Waals surface area (Å²) in [5, 5.41) is 0. The van der Waals surface area contributed by atoms with Crippen LogP contribution in [0.3, 0.4) is 0 Å². The fourth-order valence-corrected chi connectivity index (χ4v) is 0.839. The van der Waals surface area contributed by atoms with Gasteiger partial charge in [-0.15, -0.1) is 0 Å². The van der Waals surface area contributed by atoms with Crippen LogP contribution in [0, 0.1) is 0 Å². The smallest absolute Gasteiger partial charge is 0.330 e. The van der Waals surface area contributed by atoms with Crippen LogP contribution in [0.2, 0.25) is 0 Å². The van der Waals surface area contributed by atoms with Crippen molar-refractivity contribution in [3.8, 4) is 0 Å². The number of hydrogen-bond donors (Lipinski definition) is 1. The zero-order valence-corrected chi connectivity index (χ0v) is 7.53. The molecule has 0 spiro atoms. The fraction of sp³-hybridized carbons (Fsp3) is 0.222. The van der Waals surface area contributed by atoms with Gasteiger partial charge in [0.2, 0.25) is 5.78 Å². The maximum absolute atomic E-state index is 11.3. The Kier molecular flexibility index (Phi) is 3.60. The second kappa shape index (κ2) is 4.96. The molecule has 0 bridgehead atoms. The molecule has 0 aliphatic carbocycles. The Labute approximate surface area is 80.8 Å². The minimum absolute atomic E-state index is 0.0460. The van der Waals surface area contributed by atoms with Gasteiger partial charge in [0.1, 0.15) is 0 Å². The lowest BCUT2D eigenvalue weighted by Crippen LogP contribution is -2.09. The highest BCUT2D eigenvalue weighted by Crippen LogP contribution is 1.96. The number of H-pyrrole nitrogens is 1. The summed E-state index contributed by atoms with van der Waals surface area (Å²) in [6, 6.07) is 0. The monoisotopic (exact) mass is 194 g/mol. The number of carbonyl (C=O) groups excluding carboxylic acids is 2. The first-order valence-electron chi connectivity index (χ1n) is 4.06. The Morgan fingerprint density at radius 1 is 1.64 bits per heavy atom. The normalized spacial score (nSPS) is 9.43. The lowest BCUT2D eigenvalue weighted by molar-refractivity contribution is -0.137. The van der Waals surface area contributed by atoms with Gasteiger partial charge in [-0.3, -0.25) is 4.79 Å². The lowest BCUT2D eigenvalue weighted by atomic mass is 10.3. The summed E-state index contributed by atoms with van der Waals surface area (Å²) in [5.41, 5.74) is 0. The Morgan fingerprint density at radius 2 is 2.43 bits per heavy atom. The molecule has 5 heteroatoms. The van der Waals surface area contributed by atoms with Gasteiger partial charge in [-0.1, -0.05) is 6.58 Å². The largest absolute Gasteiger partial charge is 0.462 e. The third-order valence-corrected chi connectivity index (χ3v) is 1.50. The first-order chi connectivity index (χ1) is 6.74. The van der Waals surface area contributed by atoms with E-state index in [1.165, 1.54) is 6.20 Å². The fourth-order valence-electron chi connectivity index (χ4n) is 0.839. The molecule has 0 aromatic carbocycles. The highest BCUT2D eigenvalue weighted by molar-refractivity contribution is 5.92. The van der Waals surface area contributed by atoms with E-state index in [2.05, 4.69) is 21.3 Å². The minimum Gasteiger partial charge on any atom is -0.462 e. The van der Waals surface area contributed by atoms with Gasteiger partial charge in [0.15, 0.2) is 5.82 Å². The number of ketones is 1. The molecule has 0 radical (unpaired) electrons. The molecular weight excluding hydrogens is 184 g/mol. The minimum atomic E-state index is -0.530. The zero-order chi connectivity index (χ0) is 10.4. The summed E-state index contributed by atoms with van der Waals surface area (Å²) in [7, 11) is 0. The molecule has 14 heavy (non-hydrogen) atoms. The van der Waals surface area contributed by atoms with Crippen molar-refractivity contribution in [1.29, 1.82) is 0 Å². The Balaban J connectivity index is 2.29. The first kappa shape index (κ1) is 10.2. The number of imidazole rings is 1. The molecule has 1 heterocycles. The number of ether oxygens (including phenoxy) is 1. The van der Waals surface area contributed by atoms with Gasteiger partial charge in [0, 0.05) is 24.9 Å². The lowest BCUT2D eigenvalue weighted by Gasteiger charge is -1.99. The summed E-state index contributed by atoms with van der Waals surface area (Å²) < 4.78 is 4.64. The number of aromatic amines is 1. The molecule has 0 saturated carbocycles. The second-order valence-corrected chi connectivity index (χ2v) is 2.48. The Hall–Kier alpha value is -1.91. The summed E-state index contributed by atoms with van der Waals surface area (Å²) in [5.74, 6) is -0.441. The molecule has 0 atom stereocenters. The summed E-state index contributed by atoms with van der Waals surface area (Å²) in [6.07, 6.45) is 4.22. The van der Waals surface area contributed by atoms with Gasteiger partial charge in [-0.2, -0.15) is 0 Å². The van der Waals surface area contributed by atoms with Crippen molar-refractivity contribution in [2.45, 2.75) is 6.42 Å². The molecule has 1 aromatic heterocycles. The van der Waals surface area contributed by atoms with Crippen LogP contribution in [-0.2, 0) is 9.53 Å². The first-order valence-corrected chi connectivity index (χ1v) is 4.06. The van der Waals surface area contributed by atoms with Crippen molar-refractivity contribution in [2.24, 2.45) is 0 Å². The van der Waals surface area contributed by atoms with Crippen molar-refractivity contribution >= 4 is 11.8 Å². The van der Waals surface area contributed by atoms with E-state index in [1.807, 2.05) is 0 Å². The number of nitrogens with one attached hydrogen (secondary N) is 1. The molecule has 1 N–H and O–H groups in total. The van der Waals surface area contributed by atoms with Crippen LogP contribution in [0.25, 0.3) is 0 Å². The number of nitrogens with zero attached hydrogens (tertiary/aromatic N) is 1. The standard InChI is InChI=1S/C9H10N2O3/c1-2-8(13)14-6-3-7(12)9-10-4-5-11-9/h2,4-5H,1,3,6H2,(H,10,11). The van der Waals surface area contributed by atoms with Crippen LogP contribution in [0.4, 0.5) is 0 Å². The molecule has 5 nitrogen and oxygen atoms in total. The third kappa shape index (κ3) is 2.85. The molecule has 74 valence electrons. The zero-order valence-electron chi connectivity index (χ0n) is 7.53. The quantitative estimate of drug-likeness (QED) is 0.425. The van der Waals surface area contributed by atoms with E-state index >= 15 is 0 Å². The van der Waals surface area contributed by atoms with Gasteiger partial charge in [0.25, 0.3) is 0 Å². The van der Waals surface area contributed by atoms with Crippen molar-refractivity contribution in [3.05, 3.63) is 30.9 Å². The predicted molar refractivity (Wildman–Crippen MR) is 48.7 cm³/mol. The second-order valence-electron chi connectivity index (χ2n) is 2.48. The summed E-state index contributed by atoms with van der Waals surface area (Å²) in [6.45, 7) is 3.28. The van der Waals surface area contributed by atoms with Crippen LogP contribution >= 0.6 is 0 Å². The number of esters is 1. The molecule has 0 aliphatic heterocycles. The Bertz CT molecular complexity index is 330. The van der Waals surface area contributed by atoms with E-state index < -0.39 is 5.97 Å². The van der Waals surface area contributed by atoms with Gasteiger partial charge in [-0.05, 0) is 0 Å². The van der Waals surface area contributed by atoms with Gasteiger partial charge in [-0.25, -0.2) is 9.78 Å². The topological polar surface area (TPSA) is 72.1 Å². The van der Waals surface area contributed by atoms with Crippen LogP contribution in [0.1, 0.15) is 17.0 Å². The van der Waals surface area contributed by atoms with E-state index in [4.69, 9.17) is 0 Å². The van der Waals surface area contributed by atoms with E-state index in [0.29, 0.717) is 0 Å². The highest BCUT2D eigenvalue weighted by atomic mass is 16.5. The molecule has 0 aliphatic rings. The van der Waals surface area contributed by atoms with Crippen molar-refractivity contribution < 1.29 is 14.3 Å². The molecule has 0 unspecified atom stereocenters. The maximum Gasteiger partial charge on any atom is 0.330 e. The van der Waals surface area contributed by atoms with E-state index in [-0.39, 0.29) is 24.6 Å². The van der Waals surface area contributed by atoms with E-state index in [1.54, 1.807) is 6.20 Å². The molecule has 0 amide bonds. The van der Waals surface area contributed by atoms with Gasteiger partial charge < -0.3 is 9.72 Å². The van der Waals surface area contributed by atoms with Crippen LogP contribution in [0.15, 0.2) is 25.0 Å². The number of Topliss-reactive ketones (excluding diaryl/α,β-unsaturated/α-hetero) is 1. The molecule has 1 rings (SSSR count). The van der Waals surface area contributed by atoms with Gasteiger partial charge >= 0.3 is 5.97 Å². The third-order valence-electron chi connectivity index (χ3n) is 1.50. The number of hydrogen-bond acceptors (Lipinski definition) is 4. The SMILES string of the molecule is C=CC(=O)OCCC(=O)c1ncc[nH]1. The molecule has 0 saturated heterocycles. The van der Waals surface area contributed by atoms with Gasteiger partial charge in [0.05, 0.1) is 6.61 Å². The van der Waals surface area contributed by atoms with Crippen LogP contribution in [-0.4, -0.2) is 28.3 Å². The average molecular weight is 194 g/mol. The highest BCUT2D eigenvalue weighted by Gasteiger charge is 2.08. The van der Waals surface area contributed by atoms with E-state index in [0.717, 1.165) is 6.08 Å². The number of aromatic nitrogens is 2. The number of rotatable bonds is 5. The van der Waals surface area contributed by atoms with Crippen molar-refractivity contribution in [2.75, 3.05) is 6.61 Å². The summed E-state index contributed by atoms with van der Waals surface area (Å²) >= 11 is 0. The van der Waals surface area contributed by atoms with Crippen molar-refractivity contribution in [1.82, 2.24) is 9.97 Å². The predicted octanol–water partition coefficient (Wildman–Crippen LogP) is 0.712.